The summed E-state index contributed by atoms with van der Waals surface area (Å²) in [6, 6.07) is 7.55. The lowest BCUT2D eigenvalue weighted by atomic mass is 10.1. The second-order valence-electron chi connectivity index (χ2n) is 7.78. The Morgan fingerprint density at radius 3 is 2.64 bits per heavy atom. The summed E-state index contributed by atoms with van der Waals surface area (Å²) in [6.45, 7) is 6.64. The van der Waals surface area contributed by atoms with Gasteiger partial charge in [-0.05, 0) is 44.5 Å². The van der Waals surface area contributed by atoms with Crippen LogP contribution in [0.3, 0.4) is 0 Å². The van der Waals surface area contributed by atoms with Gasteiger partial charge in [0.1, 0.15) is 5.75 Å². The lowest BCUT2D eigenvalue weighted by Gasteiger charge is -2.31. The quantitative estimate of drug-likeness (QED) is 0.858. The number of rotatable bonds is 4. The molecule has 0 aliphatic carbocycles. The van der Waals surface area contributed by atoms with Crippen LogP contribution in [0.25, 0.3) is 0 Å². The van der Waals surface area contributed by atoms with Gasteiger partial charge in [-0.1, -0.05) is 0 Å². The Bertz CT molecular complexity index is 848. The molecule has 4 rings (SSSR count). The summed E-state index contributed by atoms with van der Waals surface area (Å²) < 4.78 is 7.28. The SMILES string of the molecule is COc1ccc(C(=O)N2CCn3c(nnc3C3CC(O)CN3C(C)C)C2)cc1. The summed E-state index contributed by atoms with van der Waals surface area (Å²) in [6.07, 6.45) is 0.335. The number of fused-ring (bicyclic) bond motifs is 1. The number of carbonyl (C=O) groups is 1. The van der Waals surface area contributed by atoms with Crippen LogP contribution >= 0.6 is 0 Å². The van der Waals surface area contributed by atoms with Crippen molar-refractivity contribution in [3.8, 4) is 5.75 Å². The van der Waals surface area contributed by atoms with Crippen molar-refractivity contribution in [1.82, 2.24) is 24.6 Å². The molecule has 8 nitrogen and oxygen atoms in total. The van der Waals surface area contributed by atoms with E-state index in [1.165, 1.54) is 0 Å². The molecule has 1 saturated heterocycles. The van der Waals surface area contributed by atoms with E-state index in [1.54, 1.807) is 36.3 Å². The van der Waals surface area contributed by atoms with Crippen molar-refractivity contribution in [2.24, 2.45) is 0 Å². The van der Waals surface area contributed by atoms with Crippen molar-refractivity contribution in [2.45, 2.75) is 51.5 Å². The minimum Gasteiger partial charge on any atom is -0.497 e. The van der Waals surface area contributed by atoms with Crippen LogP contribution in [-0.4, -0.2) is 67.9 Å². The predicted molar refractivity (Wildman–Crippen MR) is 103 cm³/mol. The summed E-state index contributed by atoms with van der Waals surface area (Å²) in [5, 5.41) is 18.9. The Labute approximate surface area is 164 Å². The fraction of sp³-hybridized carbons (Fsp3) is 0.550. The van der Waals surface area contributed by atoms with Crippen molar-refractivity contribution in [3.05, 3.63) is 41.5 Å². The number of amides is 1. The highest BCUT2D eigenvalue weighted by molar-refractivity contribution is 5.94. The molecule has 3 heterocycles. The molecule has 0 spiro atoms. The maximum absolute atomic E-state index is 12.8. The third-order valence-electron chi connectivity index (χ3n) is 5.68. The fourth-order valence-electron chi connectivity index (χ4n) is 4.18. The number of β-amino-alcohol motifs (C(OH)–C–C–N with tert-alkyl or cyclic N) is 1. The summed E-state index contributed by atoms with van der Waals surface area (Å²) in [5.41, 5.74) is 0.638. The average Bonchev–Trinajstić information content (AvgIpc) is 3.30. The zero-order valence-electron chi connectivity index (χ0n) is 16.6. The molecule has 1 aromatic carbocycles. The smallest absolute Gasteiger partial charge is 0.254 e. The first-order chi connectivity index (χ1) is 13.5. The van der Waals surface area contributed by atoms with Crippen LogP contribution < -0.4 is 4.74 Å². The molecule has 1 N–H and O–H groups in total. The molecule has 0 bridgehead atoms. The van der Waals surface area contributed by atoms with E-state index in [0.29, 0.717) is 44.2 Å². The van der Waals surface area contributed by atoms with Crippen LogP contribution in [0.2, 0.25) is 0 Å². The molecule has 2 unspecified atom stereocenters. The second kappa shape index (κ2) is 7.52. The standard InChI is InChI=1S/C20H27N5O3/c1-13(2)25-11-15(26)10-17(25)19-22-21-18-12-23(8-9-24(18)19)20(27)14-4-6-16(28-3)7-5-14/h4-7,13,15,17,26H,8-12H2,1-3H3. The molecular weight excluding hydrogens is 358 g/mol. The van der Waals surface area contributed by atoms with Gasteiger partial charge < -0.3 is 19.3 Å². The van der Waals surface area contributed by atoms with Gasteiger partial charge in [0.25, 0.3) is 5.91 Å². The highest BCUT2D eigenvalue weighted by atomic mass is 16.5. The zero-order valence-corrected chi connectivity index (χ0v) is 16.6. The van der Waals surface area contributed by atoms with Gasteiger partial charge in [0.05, 0.1) is 25.8 Å². The number of benzene rings is 1. The topological polar surface area (TPSA) is 83.7 Å². The van der Waals surface area contributed by atoms with Gasteiger partial charge in [0, 0.05) is 31.2 Å². The molecule has 1 aromatic heterocycles. The average molecular weight is 385 g/mol. The minimum atomic E-state index is -0.336. The summed E-state index contributed by atoms with van der Waals surface area (Å²) >= 11 is 0. The first kappa shape index (κ1) is 18.9. The monoisotopic (exact) mass is 385 g/mol. The number of carbonyl (C=O) groups excluding carboxylic acids is 1. The number of ether oxygens (including phenoxy) is 1. The van der Waals surface area contributed by atoms with Gasteiger partial charge in [-0.15, -0.1) is 10.2 Å². The predicted octanol–water partition coefficient (Wildman–Crippen LogP) is 1.46. The first-order valence-corrected chi connectivity index (χ1v) is 9.77. The highest BCUT2D eigenvalue weighted by Crippen LogP contribution is 2.34. The van der Waals surface area contributed by atoms with E-state index in [2.05, 4.69) is 33.5 Å². The Morgan fingerprint density at radius 1 is 1.21 bits per heavy atom. The maximum Gasteiger partial charge on any atom is 0.254 e. The number of nitrogens with zero attached hydrogens (tertiary/aromatic N) is 5. The largest absolute Gasteiger partial charge is 0.497 e. The molecule has 0 radical (unpaired) electrons. The second-order valence-corrected chi connectivity index (χ2v) is 7.78. The fourth-order valence-corrected chi connectivity index (χ4v) is 4.18. The van der Waals surface area contributed by atoms with E-state index in [1.807, 2.05) is 0 Å². The summed E-state index contributed by atoms with van der Waals surface area (Å²) in [5.74, 6) is 2.41. The van der Waals surface area contributed by atoms with Crippen molar-refractivity contribution < 1.29 is 14.6 Å². The van der Waals surface area contributed by atoms with Gasteiger partial charge >= 0.3 is 0 Å². The van der Waals surface area contributed by atoms with Gasteiger partial charge in [-0.25, -0.2) is 0 Å². The molecule has 1 fully saturated rings. The van der Waals surface area contributed by atoms with Crippen LogP contribution in [-0.2, 0) is 13.1 Å². The molecule has 2 aliphatic rings. The van der Waals surface area contributed by atoms with E-state index in [9.17, 15) is 9.90 Å². The number of methoxy groups -OCH3 is 1. The van der Waals surface area contributed by atoms with Crippen LogP contribution in [0.4, 0.5) is 0 Å². The van der Waals surface area contributed by atoms with E-state index in [4.69, 9.17) is 4.74 Å². The van der Waals surface area contributed by atoms with Crippen molar-refractivity contribution in [3.63, 3.8) is 0 Å². The lowest BCUT2D eigenvalue weighted by molar-refractivity contribution is 0.0704. The number of hydrogen-bond donors (Lipinski definition) is 1. The Morgan fingerprint density at radius 2 is 1.96 bits per heavy atom. The van der Waals surface area contributed by atoms with Gasteiger partial charge in [-0.2, -0.15) is 0 Å². The van der Waals surface area contributed by atoms with E-state index in [-0.39, 0.29) is 18.1 Å². The summed E-state index contributed by atoms with van der Waals surface area (Å²) in [7, 11) is 1.61. The Hall–Kier alpha value is -2.45. The molecule has 2 aromatic rings. The number of aliphatic hydroxyl groups is 1. The van der Waals surface area contributed by atoms with E-state index in [0.717, 1.165) is 17.4 Å². The molecule has 8 heteroatoms. The van der Waals surface area contributed by atoms with Crippen LogP contribution in [0, 0.1) is 0 Å². The minimum absolute atomic E-state index is 0.0152. The molecule has 150 valence electrons. The zero-order chi connectivity index (χ0) is 19.8. The normalized spacial score (nSPS) is 22.5. The Kier molecular flexibility index (Phi) is 5.07. The first-order valence-electron chi connectivity index (χ1n) is 9.77. The number of hydrogen-bond acceptors (Lipinski definition) is 6. The van der Waals surface area contributed by atoms with E-state index < -0.39 is 0 Å². The maximum atomic E-state index is 12.8. The van der Waals surface area contributed by atoms with E-state index >= 15 is 0 Å². The van der Waals surface area contributed by atoms with Gasteiger partial charge in [-0.3, -0.25) is 9.69 Å². The van der Waals surface area contributed by atoms with Crippen molar-refractivity contribution >= 4 is 5.91 Å². The number of likely N-dealkylation sites (tertiary alicyclic amines) is 1. The molecular formula is C20H27N5O3. The lowest BCUT2D eigenvalue weighted by Crippen LogP contribution is -2.39. The van der Waals surface area contributed by atoms with Crippen LogP contribution in [0.1, 0.15) is 48.3 Å². The molecule has 2 atom stereocenters. The van der Waals surface area contributed by atoms with Crippen molar-refractivity contribution in [1.29, 1.82) is 0 Å². The third-order valence-corrected chi connectivity index (χ3v) is 5.68. The molecule has 0 saturated carbocycles. The van der Waals surface area contributed by atoms with Crippen LogP contribution in [0.5, 0.6) is 5.75 Å². The van der Waals surface area contributed by atoms with Crippen LogP contribution in [0.15, 0.2) is 24.3 Å². The summed E-state index contributed by atoms with van der Waals surface area (Å²) in [4.78, 5) is 16.9. The number of aliphatic hydroxyl groups excluding tert-OH is 1. The van der Waals surface area contributed by atoms with Gasteiger partial charge in [0.2, 0.25) is 0 Å². The van der Waals surface area contributed by atoms with Gasteiger partial charge in [0.15, 0.2) is 11.6 Å². The molecule has 1 amide bonds. The molecule has 28 heavy (non-hydrogen) atoms. The third kappa shape index (κ3) is 3.38. The molecule has 2 aliphatic heterocycles. The highest BCUT2D eigenvalue weighted by Gasteiger charge is 2.38. The Balaban J connectivity index is 1.52. The number of aromatic nitrogens is 3. The van der Waals surface area contributed by atoms with Crippen molar-refractivity contribution in [2.75, 3.05) is 20.2 Å².